The zero-order chi connectivity index (χ0) is 23.7. The SMILES string of the molecule is COCOC(C)(C)C#CC(=O)[C@H](C)C1CC[C@H]2[C@@H](O[Si](C)(C)C(C)(C)C)CCC[C@]12C. The summed E-state index contributed by atoms with van der Waals surface area (Å²) in [4.78, 5) is 13.0. The molecule has 4 nitrogen and oxygen atoms in total. The maximum atomic E-state index is 13.0. The quantitative estimate of drug-likeness (QED) is 0.200. The number of ether oxygens (including phenoxy) is 2. The van der Waals surface area contributed by atoms with Crippen LogP contribution in [-0.2, 0) is 18.7 Å². The van der Waals surface area contributed by atoms with Crippen LogP contribution in [0.4, 0.5) is 0 Å². The monoisotopic (exact) mass is 450 g/mol. The summed E-state index contributed by atoms with van der Waals surface area (Å²) >= 11 is 0. The summed E-state index contributed by atoms with van der Waals surface area (Å²) < 4.78 is 17.5. The van der Waals surface area contributed by atoms with E-state index >= 15 is 0 Å². The maximum absolute atomic E-state index is 13.0. The van der Waals surface area contributed by atoms with Crippen molar-refractivity contribution in [1.29, 1.82) is 0 Å². The van der Waals surface area contributed by atoms with Crippen LogP contribution in [0.5, 0.6) is 0 Å². The number of hydrogen-bond donors (Lipinski definition) is 0. The van der Waals surface area contributed by atoms with Crippen LogP contribution in [0.3, 0.4) is 0 Å². The minimum absolute atomic E-state index is 0.0356. The van der Waals surface area contributed by atoms with E-state index in [2.05, 4.69) is 59.6 Å². The summed E-state index contributed by atoms with van der Waals surface area (Å²) in [6, 6.07) is 0. The van der Waals surface area contributed by atoms with Crippen LogP contribution < -0.4 is 0 Å². The third-order valence-electron chi connectivity index (χ3n) is 8.43. The van der Waals surface area contributed by atoms with Gasteiger partial charge in [-0.3, -0.25) is 4.79 Å². The van der Waals surface area contributed by atoms with E-state index < -0.39 is 13.9 Å². The van der Waals surface area contributed by atoms with Crippen LogP contribution in [0.2, 0.25) is 18.1 Å². The number of hydrogen-bond acceptors (Lipinski definition) is 4. The van der Waals surface area contributed by atoms with Crippen LogP contribution in [-0.4, -0.2) is 39.7 Å². The van der Waals surface area contributed by atoms with E-state index in [1.165, 1.54) is 12.8 Å². The Morgan fingerprint density at radius 2 is 1.81 bits per heavy atom. The van der Waals surface area contributed by atoms with Gasteiger partial charge in [-0.15, -0.1) is 0 Å². The first-order valence-electron chi connectivity index (χ1n) is 12.0. The van der Waals surface area contributed by atoms with Crippen LogP contribution in [0, 0.1) is 35.0 Å². The van der Waals surface area contributed by atoms with Gasteiger partial charge in [0.2, 0.25) is 5.78 Å². The van der Waals surface area contributed by atoms with Crippen molar-refractivity contribution in [3.8, 4) is 11.8 Å². The number of methoxy groups -OCH3 is 1. The topological polar surface area (TPSA) is 44.8 Å². The van der Waals surface area contributed by atoms with Gasteiger partial charge in [0, 0.05) is 19.1 Å². The molecular formula is C26H46O4Si. The Morgan fingerprint density at radius 3 is 2.39 bits per heavy atom. The van der Waals surface area contributed by atoms with E-state index in [1.807, 2.05) is 13.8 Å². The van der Waals surface area contributed by atoms with Crippen molar-refractivity contribution < 1.29 is 18.7 Å². The number of ketones is 1. The molecule has 0 heterocycles. The molecule has 0 spiro atoms. The molecule has 0 amide bonds. The zero-order valence-corrected chi connectivity index (χ0v) is 22.7. The minimum Gasteiger partial charge on any atom is -0.414 e. The standard InChI is InChI=1S/C26H46O4Si/c1-19(22(27)15-17-25(5,6)29-18-28-8)20-13-14-21-23(12-11-16-26(20,21)7)30-31(9,10)24(2,3)4/h19-21,23H,11-14,16,18H2,1-10H3/t19-,20?,21+,23+,26-/m1/s1. The summed E-state index contributed by atoms with van der Waals surface area (Å²) in [5, 5.41) is 0.218. The lowest BCUT2D eigenvalue weighted by Crippen LogP contribution is -2.50. The molecular weight excluding hydrogens is 404 g/mol. The normalized spacial score (nSPS) is 30.3. The Labute approximate surface area is 192 Å². The molecule has 0 N–H and O–H groups in total. The molecule has 2 rings (SSSR count). The largest absolute Gasteiger partial charge is 0.414 e. The van der Waals surface area contributed by atoms with E-state index in [0.29, 0.717) is 17.9 Å². The van der Waals surface area contributed by atoms with Crippen molar-refractivity contribution in [2.24, 2.45) is 23.2 Å². The fraction of sp³-hybridized carbons (Fsp3) is 0.885. The van der Waals surface area contributed by atoms with Crippen molar-refractivity contribution in [2.75, 3.05) is 13.9 Å². The first-order chi connectivity index (χ1) is 14.1. The molecule has 0 bridgehead atoms. The number of rotatable bonds is 7. The number of fused-ring (bicyclic) bond motifs is 1. The second-order valence-corrected chi connectivity index (χ2v) is 16.8. The van der Waals surface area contributed by atoms with Gasteiger partial charge in [0.25, 0.3) is 0 Å². The van der Waals surface area contributed by atoms with E-state index in [-0.39, 0.29) is 28.9 Å². The molecule has 0 aromatic heterocycles. The highest BCUT2D eigenvalue weighted by Crippen LogP contribution is 2.59. The fourth-order valence-electron chi connectivity index (χ4n) is 5.43. The van der Waals surface area contributed by atoms with E-state index in [9.17, 15) is 4.79 Å². The minimum atomic E-state index is -1.81. The van der Waals surface area contributed by atoms with Gasteiger partial charge >= 0.3 is 0 Å². The molecule has 2 aliphatic carbocycles. The van der Waals surface area contributed by atoms with E-state index in [1.54, 1.807) is 7.11 Å². The highest BCUT2D eigenvalue weighted by atomic mass is 28.4. The van der Waals surface area contributed by atoms with Gasteiger partial charge in [0.1, 0.15) is 12.4 Å². The van der Waals surface area contributed by atoms with Gasteiger partial charge in [-0.1, -0.05) is 47.0 Å². The summed E-state index contributed by atoms with van der Waals surface area (Å²) in [5.41, 5.74) is -0.537. The Kier molecular flexibility index (Phi) is 8.29. The van der Waals surface area contributed by atoms with Crippen molar-refractivity contribution in [3.63, 3.8) is 0 Å². The second-order valence-electron chi connectivity index (χ2n) is 12.1. The third-order valence-corrected chi connectivity index (χ3v) is 12.9. The van der Waals surface area contributed by atoms with Gasteiger partial charge in [0.05, 0.1) is 0 Å². The predicted molar refractivity (Wildman–Crippen MR) is 129 cm³/mol. The van der Waals surface area contributed by atoms with Gasteiger partial charge in [-0.25, -0.2) is 0 Å². The molecule has 31 heavy (non-hydrogen) atoms. The number of carbonyl (C=O) groups is 1. The number of carbonyl (C=O) groups excluding carboxylic acids is 1. The summed E-state index contributed by atoms with van der Waals surface area (Å²) in [7, 11) is -0.231. The molecule has 1 unspecified atom stereocenters. The maximum Gasteiger partial charge on any atom is 0.208 e. The molecule has 0 radical (unpaired) electrons. The summed E-state index contributed by atoms with van der Waals surface area (Å²) in [6.45, 7) is 20.1. The predicted octanol–water partition coefficient (Wildman–Crippen LogP) is 6.20. The lowest BCUT2D eigenvalue weighted by atomic mass is 9.61. The van der Waals surface area contributed by atoms with Crippen molar-refractivity contribution in [3.05, 3.63) is 0 Å². The molecule has 2 aliphatic rings. The highest BCUT2D eigenvalue weighted by molar-refractivity contribution is 6.74. The van der Waals surface area contributed by atoms with Gasteiger partial charge in [-0.05, 0) is 80.8 Å². The van der Waals surface area contributed by atoms with Crippen LogP contribution in [0.15, 0.2) is 0 Å². The average molecular weight is 451 g/mol. The van der Waals surface area contributed by atoms with Gasteiger partial charge in [-0.2, -0.15) is 0 Å². The molecule has 2 saturated carbocycles. The Balaban J connectivity index is 2.14. The Bertz CT molecular complexity index is 696. The third kappa shape index (κ3) is 6.02. The smallest absolute Gasteiger partial charge is 0.208 e. The first kappa shape index (κ1) is 26.6. The molecule has 178 valence electrons. The van der Waals surface area contributed by atoms with Crippen LogP contribution >= 0.6 is 0 Å². The van der Waals surface area contributed by atoms with Crippen LogP contribution in [0.25, 0.3) is 0 Å². The molecule has 0 saturated heterocycles. The lowest BCUT2D eigenvalue weighted by Gasteiger charge is -2.49. The summed E-state index contributed by atoms with van der Waals surface area (Å²) in [5.74, 6) is 6.80. The molecule has 2 fully saturated rings. The average Bonchev–Trinajstić information content (AvgIpc) is 3.01. The second kappa shape index (κ2) is 9.67. The van der Waals surface area contributed by atoms with Gasteiger partial charge < -0.3 is 13.9 Å². The van der Waals surface area contributed by atoms with Crippen molar-refractivity contribution >= 4 is 14.1 Å². The Morgan fingerprint density at radius 1 is 1.16 bits per heavy atom. The molecule has 5 heteroatoms. The highest BCUT2D eigenvalue weighted by Gasteiger charge is 2.55. The van der Waals surface area contributed by atoms with E-state index in [0.717, 1.165) is 19.3 Å². The lowest BCUT2D eigenvalue weighted by molar-refractivity contribution is -0.121. The fourth-order valence-corrected chi connectivity index (χ4v) is 6.82. The summed E-state index contributed by atoms with van der Waals surface area (Å²) in [6.07, 6.45) is 6.12. The molecule has 0 aromatic rings. The zero-order valence-electron chi connectivity index (χ0n) is 21.7. The van der Waals surface area contributed by atoms with Gasteiger partial charge in [0.15, 0.2) is 8.32 Å². The van der Waals surface area contributed by atoms with Crippen molar-refractivity contribution in [1.82, 2.24) is 0 Å². The Hall–Kier alpha value is -0.673. The van der Waals surface area contributed by atoms with Crippen LogP contribution in [0.1, 0.15) is 80.6 Å². The van der Waals surface area contributed by atoms with Crippen molar-refractivity contribution in [2.45, 2.75) is 110 Å². The first-order valence-corrected chi connectivity index (χ1v) is 14.9. The molecule has 0 aromatic carbocycles. The molecule has 0 aliphatic heterocycles. The molecule has 5 atom stereocenters. The number of Topliss-reactive ketones (excluding diaryl/α,β-unsaturated/α-hetero) is 1. The van der Waals surface area contributed by atoms with E-state index in [4.69, 9.17) is 13.9 Å².